The Morgan fingerprint density at radius 2 is 2.07 bits per heavy atom. The van der Waals surface area contributed by atoms with Crippen LogP contribution in [0.2, 0.25) is 0 Å². The van der Waals surface area contributed by atoms with Crippen LogP contribution in [0.25, 0.3) is 10.9 Å². The fourth-order valence-electron chi connectivity index (χ4n) is 3.66. The Kier molecular flexibility index (Phi) is 6.43. The average Bonchev–Trinajstić information content (AvgIpc) is 2.66. The molecule has 0 aliphatic carbocycles. The monoisotopic (exact) mass is 419 g/mol. The Morgan fingerprint density at radius 1 is 1.31 bits per heavy atom. The summed E-state index contributed by atoms with van der Waals surface area (Å²) >= 11 is 0. The van der Waals surface area contributed by atoms with Crippen molar-refractivity contribution in [3.8, 4) is 0 Å². The number of rotatable bonds is 6. The van der Waals surface area contributed by atoms with Crippen molar-refractivity contribution in [1.82, 2.24) is 14.6 Å². The maximum absolute atomic E-state index is 13.1. The molecule has 3 rings (SSSR count). The van der Waals surface area contributed by atoms with Crippen molar-refractivity contribution < 1.29 is 13.2 Å². The number of carbonyl (C=O) groups is 1. The zero-order valence-corrected chi connectivity index (χ0v) is 18.0. The highest BCUT2D eigenvalue weighted by Gasteiger charge is 2.29. The van der Waals surface area contributed by atoms with Crippen LogP contribution in [0.1, 0.15) is 50.4 Å². The van der Waals surface area contributed by atoms with Crippen molar-refractivity contribution in [2.24, 2.45) is 11.8 Å². The van der Waals surface area contributed by atoms with Gasteiger partial charge in [0.2, 0.25) is 15.6 Å². The van der Waals surface area contributed by atoms with Crippen LogP contribution >= 0.6 is 0 Å². The quantitative estimate of drug-likeness (QED) is 0.752. The van der Waals surface area contributed by atoms with Crippen LogP contribution in [-0.4, -0.2) is 43.2 Å². The second-order valence-corrected chi connectivity index (χ2v) is 10.2. The molecule has 29 heavy (non-hydrogen) atoms. The molecule has 7 nitrogen and oxygen atoms in total. The molecule has 1 aromatic heterocycles. The van der Waals surface area contributed by atoms with Crippen molar-refractivity contribution in [2.75, 3.05) is 19.6 Å². The number of hydrogen-bond acceptors (Lipinski definition) is 4. The van der Waals surface area contributed by atoms with E-state index in [1.807, 2.05) is 6.92 Å². The average molecular weight is 420 g/mol. The number of H-pyrrole nitrogens is 1. The van der Waals surface area contributed by atoms with Gasteiger partial charge in [-0.15, -0.1) is 0 Å². The number of pyridine rings is 1. The molecule has 1 fully saturated rings. The molecule has 1 unspecified atom stereocenters. The molecule has 1 aliphatic heterocycles. The van der Waals surface area contributed by atoms with E-state index in [1.165, 1.54) is 22.5 Å². The highest BCUT2D eigenvalue weighted by molar-refractivity contribution is 7.89. The Bertz CT molecular complexity index is 1060. The van der Waals surface area contributed by atoms with Gasteiger partial charge in [0.05, 0.1) is 10.5 Å². The number of aromatic amines is 1. The van der Waals surface area contributed by atoms with Gasteiger partial charge in [-0.3, -0.25) is 9.59 Å². The predicted octanol–water partition coefficient (Wildman–Crippen LogP) is 2.72. The number of carbonyl (C=O) groups excluding carboxylic acids is 1. The first kappa shape index (κ1) is 21.5. The van der Waals surface area contributed by atoms with Crippen LogP contribution in [-0.2, 0) is 10.0 Å². The lowest BCUT2D eigenvalue weighted by atomic mass is 10.0. The number of sulfonamides is 1. The first-order valence-corrected chi connectivity index (χ1v) is 11.6. The Hall–Kier alpha value is -2.19. The fourth-order valence-corrected chi connectivity index (χ4v) is 5.29. The Labute approximate surface area is 171 Å². The highest BCUT2D eigenvalue weighted by Crippen LogP contribution is 2.26. The second-order valence-electron chi connectivity index (χ2n) is 8.30. The minimum absolute atomic E-state index is 0.141. The van der Waals surface area contributed by atoms with E-state index in [0.29, 0.717) is 42.4 Å². The minimum Gasteiger partial charge on any atom is -0.352 e. The number of benzene rings is 1. The van der Waals surface area contributed by atoms with Crippen molar-refractivity contribution >= 4 is 26.8 Å². The minimum atomic E-state index is -3.66. The second kappa shape index (κ2) is 8.67. The van der Waals surface area contributed by atoms with E-state index < -0.39 is 15.6 Å². The van der Waals surface area contributed by atoms with E-state index in [1.54, 1.807) is 6.07 Å². The van der Waals surface area contributed by atoms with Crippen molar-refractivity contribution in [1.29, 1.82) is 0 Å². The molecule has 0 saturated carbocycles. The van der Waals surface area contributed by atoms with E-state index in [4.69, 9.17) is 0 Å². The lowest BCUT2D eigenvalue weighted by Crippen LogP contribution is -2.39. The summed E-state index contributed by atoms with van der Waals surface area (Å²) in [5.74, 6) is 0.385. The zero-order chi connectivity index (χ0) is 21.2. The summed E-state index contributed by atoms with van der Waals surface area (Å²) in [5, 5.41) is 3.25. The van der Waals surface area contributed by atoms with Crippen LogP contribution in [0, 0.1) is 11.8 Å². The zero-order valence-electron chi connectivity index (χ0n) is 17.2. The molecule has 1 atom stereocenters. The normalized spacial score (nSPS) is 18.3. The number of aromatic nitrogens is 1. The number of nitrogens with zero attached hydrogens (tertiary/aromatic N) is 1. The molecule has 1 amide bonds. The SMILES string of the molecule is CC(C)CCNC(=O)c1cc(=O)[nH]c2ccc(S(=O)(=O)N3CCCC(C)C3)cc12. The summed E-state index contributed by atoms with van der Waals surface area (Å²) in [4.78, 5) is 27.5. The summed E-state index contributed by atoms with van der Waals surface area (Å²) < 4.78 is 27.8. The smallest absolute Gasteiger partial charge is 0.252 e. The fraction of sp³-hybridized carbons (Fsp3) is 0.524. The van der Waals surface area contributed by atoms with E-state index in [-0.39, 0.29) is 16.4 Å². The van der Waals surface area contributed by atoms with Gasteiger partial charge in [0.25, 0.3) is 5.91 Å². The number of amides is 1. The molecule has 1 aromatic carbocycles. The maximum atomic E-state index is 13.1. The molecule has 2 heterocycles. The summed E-state index contributed by atoms with van der Waals surface area (Å²) in [6, 6.07) is 5.78. The first-order chi connectivity index (χ1) is 13.7. The van der Waals surface area contributed by atoms with Gasteiger partial charge in [0.1, 0.15) is 0 Å². The molecule has 8 heteroatoms. The molecular formula is C21H29N3O4S. The molecule has 0 bridgehead atoms. The first-order valence-electron chi connectivity index (χ1n) is 10.1. The van der Waals surface area contributed by atoms with Gasteiger partial charge >= 0.3 is 0 Å². The third-order valence-electron chi connectivity index (χ3n) is 5.32. The molecule has 2 N–H and O–H groups in total. The topological polar surface area (TPSA) is 99.3 Å². The van der Waals surface area contributed by atoms with Crippen LogP contribution in [0.4, 0.5) is 0 Å². The summed E-state index contributed by atoms with van der Waals surface area (Å²) in [7, 11) is -3.66. The van der Waals surface area contributed by atoms with Crippen molar-refractivity contribution in [3.05, 3.63) is 40.2 Å². The standard InChI is InChI=1S/C21H29N3O4S/c1-14(2)8-9-22-21(26)18-12-20(25)23-19-7-6-16(11-17(18)19)29(27,28)24-10-4-5-15(3)13-24/h6-7,11-12,14-15H,4-5,8-10,13H2,1-3H3,(H,22,26)(H,23,25). The largest absolute Gasteiger partial charge is 0.352 e. The van der Waals surface area contributed by atoms with E-state index in [0.717, 1.165) is 19.3 Å². The lowest BCUT2D eigenvalue weighted by molar-refractivity contribution is 0.0953. The van der Waals surface area contributed by atoms with Gasteiger partial charge in [-0.25, -0.2) is 8.42 Å². The molecule has 158 valence electrons. The van der Waals surface area contributed by atoms with Crippen molar-refractivity contribution in [3.63, 3.8) is 0 Å². The Balaban J connectivity index is 1.99. The van der Waals surface area contributed by atoms with E-state index in [2.05, 4.69) is 24.1 Å². The molecule has 2 aromatic rings. The summed E-state index contributed by atoms with van der Waals surface area (Å²) in [5.41, 5.74) is 0.237. The summed E-state index contributed by atoms with van der Waals surface area (Å²) in [6.45, 7) is 7.66. The summed E-state index contributed by atoms with van der Waals surface area (Å²) in [6.07, 6.45) is 2.68. The van der Waals surface area contributed by atoms with E-state index in [9.17, 15) is 18.0 Å². The molecule has 1 saturated heterocycles. The number of hydrogen-bond donors (Lipinski definition) is 2. The molecule has 0 spiro atoms. The molecule has 0 radical (unpaired) electrons. The third-order valence-corrected chi connectivity index (χ3v) is 7.19. The molecular weight excluding hydrogens is 390 g/mol. The van der Waals surface area contributed by atoms with Gasteiger partial charge in [-0.05, 0) is 49.3 Å². The van der Waals surface area contributed by atoms with Crippen LogP contribution < -0.4 is 10.9 Å². The highest BCUT2D eigenvalue weighted by atomic mass is 32.2. The van der Waals surface area contributed by atoms with Gasteiger partial charge in [-0.1, -0.05) is 20.8 Å². The molecule has 1 aliphatic rings. The van der Waals surface area contributed by atoms with Gasteiger partial charge in [0, 0.05) is 36.6 Å². The van der Waals surface area contributed by atoms with Crippen LogP contribution in [0.3, 0.4) is 0 Å². The number of piperidine rings is 1. The van der Waals surface area contributed by atoms with Gasteiger partial charge in [-0.2, -0.15) is 4.31 Å². The van der Waals surface area contributed by atoms with E-state index >= 15 is 0 Å². The lowest BCUT2D eigenvalue weighted by Gasteiger charge is -2.30. The number of nitrogens with one attached hydrogen (secondary N) is 2. The Morgan fingerprint density at radius 3 is 2.76 bits per heavy atom. The van der Waals surface area contributed by atoms with Crippen LogP contribution in [0.5, 0.6) is 0 Å². The third kappa shape index (κ3) is 4.87. The predicted molar refractivity (Wildman–Crippen MR) is 114 cm³/mol. The maximum Gasteiger partial charge on any atom is 0.252 e. The van der Waals surface area contributed by atoms with Crippen molar-refractivity contribution in [2.45, 2.75) is 44.9 Å². The number of fused-ring (bicyclic) bond motifs is 1. The van der Waals surface area contributed by atoms with Crippen LogP contribution in [0.15, 0.2) is 34.0 Å². The van der Waals surface area contributed by atoms with Gasteiger partial charge in [0.15, 0.2) is 0 Å². The van der Waals surface area contributed by atoms with Gasteiger partial charge < -0.3 is 10.3 Å².